The minimum Gasteiger partial charge on any atom is -0.481 e. The topological polar surface area (TPSA) is 133 Å². The van der Waals surface area contributed by atoms with Crippen LogP contribution < -0.4 is 11.1 Å². The molecule has 1 unspecified atom stereocenters. The van der Waals surface area contributed by atoms with Gasteiger partial charge in [-0.1, -0.05) is 60.7 Å². The predicted octanol–water partition coefficient (Wildman–Crippen LogP) is 2.13. The number of hydrogen-bond acceptors (Lipinski definition) is 5. The van der Waals surface area contributed by atoms with Crippen LogP contribution in [0.25, 0.3) is 0 Å². The van der Waals surface area contributed by atoms with E-state index in [2.05, 4.69) is 5.32 Å². The first-order chi connectivity index (χ1) is 18.8. The van der Waals surface area contributed by atoms with Gasteiger partial charge in [-0.2, -0.15) is 0 Å². The molecule has 2 heterocycles. The minimum absolute atomic E-state index is 0.217. The first kappa shape index (κ1) is 28.3. The molecule has 39 heavy (non-hydrogen) atoms. The number of piperidine rings is 1. The van der Waals surface area contributed by atoms with Gasteiger partial charge in [0.25, 0.3) is 0 Å². The SMILES string of the molecule is N[C@@H](Cc1ccccc1)C(=O)N1CCC[C@H]1C(=O)N1CCCC[C@H]1C(=O)NC(CC(=O)O)Cc1ccccc1. The maximum atomic E-state index is 13.8. The van der Waals surface area contributed by atoms with Crippen molar-refractivity contribution in [2.24, 2.45) is 5.73 Å². The Morgan fingerprint density at radius 1 is 0.821 bits per heavy atom. The second kappa shape index (κ2) is 13.4. The number of aliphatic carboxylic acids is 1. The van der Waals surface area contributed by atoms with E-state index in [1.807, 2.05) is 60.7 Å². The average molecular weight is 535 g/mol. The number of carboxylic acids is 1. The standard InChI is InChI=1S/C30H38N4O5/c31-24(19-22-12-5-2-6-13-22)29(38)34-17-9-15-26(34)30(39)33-16-8-7-14-25(33)28(37)32-23(20-27(35)36)18-21-10-3-1-4-11-21/h1-6,10-13,23-26H,7-9,14-20,31H2,(H,32,37)(H,35,36)/t23?,24-,25-,26-/m0/s1. The number of hydrogen-bond donors (Lipinski definition) is 3. The number of likely N-dealkylation sites (tertiary alicyclic amines) is 2. The minimum atomic E-state index is -1.00. The number of nitrogens with two attached hydrogens (primary N) is 1. The third-order valence-corrected chi connectivity index (χ3v) is 7.62. The van der Waals surface area contributed by atoms with Gasteiger partial charge < -0.3 is 26.0 Å². The van der Waals surface area contributed by atoms with Gasteiger partial charge in [0.1, 0.15) is 12.1 Å². The summed E-state index contributed by atoms with van der Waals surface area (Å²) in [4.78, 5) is 55.2. The van der Waals surface area contributed by atoms with E-state index >= 15 is 0 Å². The Morgan fingerprint density at radius 3 is 2.05 bits per heavy atom. The van der Waals surface area contributed by atoms with Crippen molar-refractivity contribution in [2.75, 3.05) is 13.1 Å². The van der Waals surface area contributed by atoms with E-state index in [0.717, 1.165) is 24.0 Å². The van der Waals surface area contributed by atoms with Crippen LogP contribution in [0.15, 0.2) is 60.7 Å². The van der Waals surface area contributed by atoms with Gasteiger partial charge in [-0.15, -0.1) is 0 Å². The molecule has 4 rings (SSSR count). The fourth-order valence-electron chi connectivity index (χ4n) is 5.70. The molecular weight excluding hydrogens is 496 g/mol. The number of rotatable bonds is 10. The summed E-state index contributed by atoms with van der Waals surface area (Å²) in [6, 6.07) is 16.3. The van der Waals surface area contributed by atoms with Crippen LogP contribution in [0.4, 0.5) is 0 Å². The van der Waals surface area contributed by atoms with E-state index in [9.17, 15) is 24.3 Å². The molecule has 0 bridgehead atoms. The average Bonchev–Trinajstić information content (AvgIpc) is 3.43. The summed E-state index contributed by atoms with van der Waals surface area (Å²) in [6.07, 6.45) is 3.84. The molecule has 2 aliphatic heterocycles. The van der Waals surface area contributed by atoms with Crippen LogP contribution >= 0.6 is 0 Å². The Labute approximate surface area is 229 Å². The van der Waals surface area contributed by atoms with Crippen LogP contribution in [0.5, 0.6) is 0 Å². The Morgan fingerprint density at radius 2 is 1.41 bits per heavy atom. The molecule has 9 nitrogen and oxygen atoms in total. The Hall–Kier alpha value is -3.72. The van der Waals surface area contributed by atoms with E-state index in [4.69, 9.17) is 5.73 Å². The molecular formula is C30H38N4O5. The molecule has 0 radical (unpaired) electrons. The van der Waals surface area contributed by atoms with Gasteiger partial charge in [-0.25, -0.2) is 0 Å². The fourth-order valence-corrected chi connectivity index (χ4v) is 5.70. The molecule has 3 amide bonds. The number of nitrogens with one attached hydrogen (secondary N) is 1. The van der Waals surface area contributed by atoms with Crippen molar-refractivity contribution in [1.82, 2.24) is 15.1 Å². The lowest BCUT2D eigenvalue weighted by Crippen LogP contribution is -2.59. The molecule has 9 heteroatoms. The van der Waals surface area contributed by atoms with Crippen molar-refractivity contribution in [3.05, 3.63) is 71.8 Å². The second-order valence-corrected chi connectivity index (χ2v) is 10.5. The van der Waals surface area contributed by atoms with Gasteiger partial charge in [0.15, 0.2) is 0 Å². The zero-order valence-electron chi connectivity index (χ0n) is 22.2. The summed E-state index contributed by atoms with van der Waals surface area (Å²) < 4.78 is 0. The third kappa shape index (κ3) is 7.44. The molecule has 2 aromatic carbocycles. The number of amides is 3. The van der Waals surface area contributed by atoms with Crippen LogP contribution in [0.1, 0.15) is 49.7 Å². The summed E-state index contributed by atoms with van der Waals surface area (Å²) in [5, 5.41) is 12.3. The first-order valence-corrected chi connectivity index (χ1v) is 13.8. The zero-order valence-corrected chi connectivity index (χ0v) is 22.2. The molecule has 0 spiro atoms. The lowest BCUT2D eigenvalue weighted by Gasteiger charge is -2.38. The van der Waals surface area contributed by atoms with Gasteiger partial charge in [0, 0.05) is 19.1 Å². The fraction of sp³-hybridized carbons (Fsp3) is 0.467. The van der Waals surface area contributed by atoms with Crippen LogP contribution in [-0.2, 0) is 32.0 Å². The number of carbonyl (C=O) groups is 4. The highest BCUT2D eigenvalue weighted by molar-refractivity contribution is 5.94. The zero-order chi connectivity index (χ0) is 27.8. The van der Waals surface area contributed by atoms with Crippen LogP contribution in [0, 0.1) is 0 Å². The highest BCUT2D eigenvalue weighted by Crippen LogP contribution is 2.25. The van der Waals surface area contributed by atoms with Crippen molar-refractivity contribution < 1.29 is 24.3 Å². The maximum Gasteiger partial charge on any atom is 0.305 e. The lowest BCUT2D eigenvalue weighted by molar-refractivity contribution is -0.150. The van der Waals surface area contributed by atoms with Crippen molar-refractivity contribution in [1.29, 1.82) is 0 Å². The van der Waals surface area contributed by atoms with E-state index in [-0.39, 0.29) is 24.1 Å². The van der Waals surface area contributed by atoms with Crippen molar-refractivity contribution in [2.45, 2.75) is 75.5 Å². The molecule has 0 saturated carbocycles. The van der Waals surface area contributed by atoms with Crippen LogP contribution in [-0.4, -0.2) is 75.9 Å². The molecule has 2 fully saturated rings. The monoisotopic (exact) mass is 534 g/mol. The first-order valence-electron chi connectivity index (χ1n) is 13.8. The Balaban J connectivity index is 1.43. The maximum absolute atomic E-state index is 13.8. The number of carboxylic acid groups (broad SMARTS) is 1. The summed E-state index contributed by atoms with van der Waals surface area (Å²) in [5.41, 5.74) is 8.16. The van der Waals surface area contributed by atoms with Gasteiger partial charge in [-0.3, -0.25) is 19.2 Å². The van der Waals surface area contributed by atoms with Gasteiger partial charge in [0.05, 0.1) is 12.5 Å². The molecule has 0 aliphatic carbocycles. The molecule has 2 aliphatic rings. The number of nitrogens with zero attached hydrogens (tertiary/aromatic N) is 2. The molecule has 4 atom stereocenters. The Bertz CT molecular complexity index is 1140. The summed E-state index contributed by atoms with van der Waals surface area (Å²) in [5.74, 6) is -1.83. The van der Waals surface area contributed by atoms with Crippen molar-refractivity contribution in [3.8, 4) is 0 Å². The van der Waals surface area contributed by atoms with Crippen molar-refractivity contribution in [3.63, 3.8) is 0 Å². The van der Waals surface area contributed by atoms with Crippen LogP contribution in [0.2, 0.25) is 0 Å². The van der Waals surface area contributed by atoms with E-state index in [1.165, 1.54) is 0 Å². The van der Waals surface area contributed by atoms with Crippen molar-refractivity contribution >= 4 is 23.7 Å². The van der Waals surface area contributed by atoms with E-state index in [0.29, 0.717) is 45.2 Å². The second-order valence-electron chi connectivity index (χ2n) is 10.5. The molecule has 2 saturated heterocycles. The molecule has 4 N–H and O–H groups in total. The summed E-state index contributed by atoms with van der Waals surface area (Å²) >= 11 is 0. The van der Waals surface area contributed by atoms with Gasteiger partial charge in [-0.05, 0) is 56.1 Å². The molecule has 208 valence electrons. The predicted molar refractivity (Wildman–Crippen MR) is 147 cm³/mol. The Kier molecular flexibility index (Phi) is 9.70. The highest BCUT2D eigenvalue weighted by atomic mass is 16.4. The quantitative estimate of drug-likeness (QED) is 0.428. The number of benzene rings is 2. The number of carbonyl (C=O) groups excluding carboxylic acids is 3. The van der Waals surface area contributed by atoms with Gasteiger partial charge >= 0.3 is 5.97 Å². The van der Waals surface area contributed by atoms with Gasteiger partial charge in [0.2, 0.25) is 17.7 Å². The lowest BCUT2D eigenvalue weighted by atomic mass is 9.97. The molecule has 2 aromatic rings. The van der Waals surface area contributed by atoms with E-state index in [1.54, 1.807) is 9.80 Å². The summed E-state index contributed by atoms with van der Waals surface area (Å²) in [6.45, 7) is 0.883. The highest BCUT2D eigenvalue weighted by Gasteiger charge is 2.42. The van der Waals surface area contributed by atoms with Crippen LogP contribution in [0.3, 0.4) is 0 Å². The molecule has 0 aromatic heterocycles. The third-order valence-electron chi connectivity index (χ3n) is 7.62. The van der Waals surface area contributed by atoms with E-state index < -0.39 is 30.1 Å². The summed E-state index contributed by atoms with van der Waals surface area (Å²) in [7, 11) is 0. The largest absolute Gasteiger partial charge is 0.481 e. The normalized spacial score (nSPS) is 20.7. The smallest absolute Gasteiger partial charge is 0.305 e.